The van der Waals surface area contributed by atoms with E-state index in [1.165, 1.54) is 11.8 Å². The van der Waals surface area contributed by atoms with Crippen LogP contribution in [0.2, 0.25) is 0 Å². The van der Waals surface area contributed by atoms with Crippen molar-refractivity contribution in [1.29, 1.82) is 0 Å². The zero-order chi connectivity index (χ0) is 13.2. The molecule has 0 unspecified atom stereocenters. The second-order valence-corrected chi connectivity index (χ2v) is 5.00. The number of hydrogen-bond donors (Lipinski definition) is 2. The molecular weight excluding hydrogens is 253 g/mol. The van der Waals surface area contributed by atoms with E-state index in [1.54, 1.807) is 19.2 Å². The molecule has 0 heterocycles. The number of rotatable bonds is 9. The molecule has 0 aliphatic heterocycles. The minimum absolute atomic E-state index is 0.149. The van der Waals surface area contributed by atoms with Gasteiger partial charge in [-0.05, 0) is 24.1 Å². The third kappa shape index (κ3) is 5.82. The molecule has 2 N–H and O–H groups in total. The molecule has 0 spiro atoms. The molecule has 18 heavy (non-hydrogen) atoms. The van der Waals surface area contributed by atoms with Crippen molar-refractivity contribution >= 4 is 11.8 Å². The van der Waals surface area contributed by atoms with Crippen LogP contribution >= 0.6 is 11.8 Å². The second kappa shape index (κ2) is 9.33. The Kier molecular flexibility index (Phi) is 8.00. The fourth-order valence-corrected chi connectivity index (χ4v) is 2.28. The predicted molar refractivity (Wildman–Crippen MR) is 72.4 cm³/mol. The van der Waals surface area contributed by atoms with Crippen LogP contribution in [0.5, 0.6) is 0 Å². The van der Waals surface area contributed by atoms with Gasteiger partial charge in [0.05, 0.1) is 6.61 Å². The van der Waals surface area contributed by atoms with Crippen molar-refractivity contribution in [3.05, 3.63) is 29.6 Å². The Labute approximate surface area is 112 Å². The largest absolute Gasteiger partial charge is 0.396 e. The first-order valence-corrected chi connectivity index (χ1v) is 6.98. The minimum Gasteiger partial charge on any atom is -0.396 e. The van der Waals surface area contributed by atoms with Gasteiger partial charge in [0.15, 0.2) is 0 Å². The highest BCUT2D eigenvalue weighted by molar-refractivity contribution is 7.99. The summed E-state index contributed by atoms with van der Waals surface area (Å²) in [5.74, 6) is 0.544. The molecular formula is C13H20FNO2S. The standard InChI is InChI=1S/C13H20FNO2S/c1-17-7-5-15-10-11-3-4-13(12(14)9-11)18-8-2-6-16/h3-4,9,15-16H,2,5-8,10H2,1H3. The highest BCUT2D eigenvalue weighted by atomic mass is 32.2. The molecule has 0 aliphatic rings. The summed E-state index contributed by atoms with van der Waals surface area (Å²) in [4.78, 5) is 0.643. The van der Waals surface area contributed by atoms with E-state index in [4.69, 9.17) is 9.84 Å². The van der Waals surface area contributed by atoms with E-state index in [1.807, 2.05) is 6.07 Å². The Hall–Kier alpha value is -0.620. The summed E-state index contributed by atoms with van der Waals surface area (Å²) >= 11 is 1.44. The molecule has 3 nitrogen and oxygen atoms in total. The third-order valence-electron chi connectivity index (χ3n) is 2.37. The second-order valence-electron chi connectivity index (χ2n) is 3.86. The van der Waals surface area contributed by atoms with Crippen molar-refractivity contribution in [2.45, 2.75) is 17.9 Å². The first kappa shape index (κ1) is 15.4. The normalized spacial score (nSPS) is 10.8. The molecule has 0 aliphatic carbocycles. The van der Waals surface area contributed by atoms with Crippen molar-refractivity contribution in [3.8, 4) is 0 Å². The van der Waals surface area contributed by atoms with E-state index < -0.39 is 0 Å². The summed E-state index contributed by atoms with van der Waals surface area (Å²) in [5, 5.41) is 11.8. The number of halogens is 1. The van der Waals surface area contributed by atoms with Crippen LogP contribution in [-0.4, -0.2) is 37.7 Å². The van der Waals surface area contributed by atoms with Gasteiger partial charge in [-0.15, -0.1) is 11.8 Å². The number of aliphatic hydroxyl groups is 1. The third-order valence-corrected chi connectivity index (χ3v) is 3.50. The van der Waals surface area contributed by atoms with E-state index in [9.17, 15) is 4.39 Å². The summed E-state index contributed by atoms with van der Waals surface area (Å²) < 4.78 is 18.6. The zero-order valence-corrected chi connectivity index (χ0v) is 11.4. The number of hydrogen-bond acceptors (Lipinski definition) is 4. The monoisotopic (exact) mass is 273 g/mol. The molecule has 0 aromatic heterocycles. The first-order valence-electron chi connectivity index (χ1n) is 5.99. The molecule has 0 saturated carbocycles. The van der Waals surface area contributed by atoms with Gasteiger partial charge in [0.25, 0.3) is 0 Å². The van der Waals surface area contributed by atoms with E-state index >= 15 is 0 Å². The Morgan fingerprint density at radius 2 is 2.28 bits per heavy atom. The minimum atomic E-state index is -0.191. The van der Waals surface area contributed by atoms with Crippen LogP contribution in [0.25, 0.3) is 0 Å². The Morgan fingerprint density at radius 1 is 1.44 bits per heavy atom. The average Bonchev–Trinajstić information content (AvgIpc) is 2.37. The lowest BCUT2D eigenvalue weighted by atomic mass is 10.2. The molecule has 1 aromatic rings. The Bertz CT molecular complexity index is 350. The number of thioether (sulfide) groups is 1. The van der Waals surface area contributed by atoms with Crippen molar-refractivity contribution in [3.63, 3.8) is 0 Å². The summed E-state index contributed by atoms with van der Waals surface area (Å²) in [5.41, 5.74) is 0.926. The maximum atomic E-state index is 13.7. The molecule has 1 rings (SSSR count). The smallest absolute Gasteiger partial charge is 0.137 e. The molecule has 1 aromatic carbocycles. The van der Waals surface area contributed by atoms with Crippen molar-refractivity contribution in [2.24, 2.45) is 0 Å². The highest BCUT2D eigenvalue weighted by Gasteiger charge is 2.04. The van der Waals surface area contributed by atoms with Crippen LogP contribution in [0.3, 0.4) is 0 Å². The van der Waals surface area contributed by atoms with Crippen LogP contribution < -0.4 is 5.32 Å². The summed E-state index contributed by atoms with van der Waals surface area (Å²) in [6.45, 7) is 2.20. The molecule has 0 fully saturated rings. The van der Waals surface area contributed by atoms with E-state index in [0.29, 0.717) is 24.5 Å². The highest BCUT2D eigenvalue weighted by Crippen LogP contribution is 2.23. The van der Waals surface area contributed by atoms with Crippen LogP contribution in [0.4, 0.5) is 4.39 Å². The molecule has 0 amide bonds. The topological polar surface area (TPSA) is 41.5 Å². The van der Waals surface area contributed by atoms with Crippen LogP contribution in [-0.2, 0) is 11.3 Å². The van der Waals surface area contributed by atoms with Gasteiger partial charge < -0.3 is 15.2 Å². The van der Waals surface area contributed by atoms with E-state index in [-0.39, 0.29) is 12.4 Å². The van der Waals surface area contributed by atoms with Gasteiger partial charge in [-0.1, -0.05) is 6.07 Å². The van der Waals surface area contributed by atoms with E-state index in [0.717, 1.165) is 17.9 Å². The summed E-state index contributed by atoms with van der Waals surface area (Å²) in [6, 6.07) is 5.27. The van der Waals surface area contributed by atoms with Gasteiger partial charge in [0.1, 0.15) is 5.82 Å². The van der Waals surface area contributed by atoms with E-state index in [2.05, 4.69) is 5.32 Å². The van der Waals surface area contributed by atoms with Gasteiger partial charge in [-0.3, -0.25) is 0 Å². The molecule has 0 bridgehead atoms. The average molecular weight is 273 g/mol. The SMILES string of the molecule is COCCNCc1ccc(SCCCO)c(F)c1. The Balaban J connectivity index is 2.41. The maximum absolute atomic E-state index is 13.7. The van der Waals surface area contributed by atoms with Gasteiger partial charge in [0, 0.05) is 37.5 Å². The molecule has 0 atom stereocenters. The number of benzene rings is 1. The summed E-state index contributed by atoms with van der Waals surface area (Å²) in [6.07, 6.45) is 0.685. The van der Waals surface area contributed by atoms with Gasteiger partial charge in [-0.25, -0.2) is 4.39 Å². The zero-order valence-electron chi connectivity index (χ0n) is 10.6. The van der Waals surface area contributed by atoms with Crippen molar-refractivity contribution in [2.75, 3.05) is 32.6 Å². The molecule has 0 saturated heterocycles. The number of aliphatic hydroxyl groups excluding tert-OH is 1. The molecule has 102 valence electrons. The van der Waals surface area contributed by atoms with Crippen LogP contribution in [0, 0.1) is 5.82 Å². The van der Waals surface area contributed by atoms with Gasteiger partial charge in [-0.2, -0.15) is 0 Å². The molecule has 5 heteroatoms. The number of methoxy groups -OCH3 is 1. The molecule has 0 radical (unpaired) electrons. The van der Waals surface area contributed by atoms with Crippen molar-refractivity contribution in [1.82, 2.24) is 5.32 Å². The number of ether oxygens (including phenoxy) is 1. The lowest BCUT2D eigenvalue weighted by molar-refractivity contribution is 0.199. The Morgan fingerprint density at radius 3 is 2.94 bits per heavy atom. The van der Waals surface area contributed by atoms with Crippen LogP contribution in [0.1, 0.15) is 12.0 Å². The summed E-state index contributed by atoms with van der Waals surface area (Å²) in [7, 11) is 1.65. The lowest BCUT2D eigenvalue weighted by Crippen LogP contribution is -2.18. The fraction of sp³-hybridized carbons (Fsp3) is 0.538. The van der Waals surface area contributed by atoms with Gasteiger partial charge in [0.2, 0.25) is 0 Å². The maximum Gasteiger partial charge on any atom is 0.137 e. The lowest BCUT2D eigenvalue weighted by Gasteiger charge is -2.07. The quantitative estimate of drug-likeness (QED) is 0.534. The first-order chi connectivity index (χ1) is 8.77. The van der Waals surface area contributed by atoms with Gasteiger partial charge >= 0.3 is 0 Å². The van der Waals surface area contributed by atoms with Crippen LogP contribution in [0.15, 0.2) is 23.1 Å². The number of nitrogens with one attached hydrogen (secondary N) is 1. The predicted octanol–water partition coefficient (Wildman–Crippen LogP) is 2.04. The van der Waals surface area contributed by atoms with Crippen molar-refractivity contribution < 1.29 is 14.2 Å². The fourth-order valence-electron chi connectivity index (χ4n) is 1.42.